The third kappa shape index (κ3) is 4.50. The van der Waals surface area contributed by atoms with Gasteiger partial charge >= 0.3 is 0 Å². The van der Waals surface area contributed by atoms with Crippen LogP contribution in [0.5, 0.6) is 0 Å². The molecule has 1 heterocycles. The summed E-state index contributed by atoms with van der Waals surface area (Å²) in [5, 5.41) is 14.1. The second kappa shape index (κ2) is 8.47. The Morgan fingerprint density at radius 3 is 2.59 bits per heavy atom. The Morgan fingerprint density at radius 1 is 1.24 bits per heavy atom. The lowest BCUT2D eigenvalue weighted by atomic mass is 9.88. The van der Waals surface area contributed by atoms with Crippen LogP contribution in [0.15, 0.2) is 39.7 Å². The largest absolute Gasteiger partial charge is 0.242 e. The summed E-state index contributed by atoms with van der Waals surface area (Å²) in [6.07, 6.45) is 0. The van der Waals surface area contributed by atoms with Gasteiger partial charge in [0.1, 0.15) is 5.82 Å². The molecule has 2 N–H and O–H groups in total. The van der Waals surface area contributed by atoms with Crippen molar-refractivity contribution < 1.29 is 12.8 Å². The number of nitrogens with one attached hydrogen (secondary N) is 2. The van der Waals surface area contributed by atoms with E-state index in [0.29, 0.717) is 15.1 Å². The highest BCUT2D eigenvalue weighted by molar-refractivity contribution is 9.10. The van der Waals surface area contributed by atoms with Gasteiger partial charge in [-0.1, -0.05) is 29.8 Å². The predicted octanol–water partition coefficient (Wildman–Crippen LogP) is 4.19. The molecule has 7 nitrogen and oxygen atoms in total. The molecule has 0 amide bonds. The zero-order valence-corrected chi connectivity index (χ0v) is 18.9. The lowest BCUT2D eigenvalue weighted by molar-refractivity contribution is 0.478. The standard InChI is InChI=1S/C18H18BrClFN5O2S/c1-9-4-6-14(21)16(10(9)2)11(3)17(18-22-25-26-23-18)24-29(27,28)15-7-5-12(20)8-13(15)19/h4-8,11,17,24H,1-3H3,(H,22,23,25,26)/t11-,17+/m1/s1. The van der Waals surface area contributed by atoms with Crippen LogP contribution in [0.25, 0.3) is 0 Å². The molecule has 0 radical (unpaired) electrons. The van der Waals surface area contributed by atoms with Gasteiger partial charge in [0.05, 0.1) is 10.9 Å². The Labute approximate surface area is 181 Å². The van der Waals surface area contributed by atoms with Crippen LogP contribution in [-0.2, 0) is 10.0 Å². The van der Waals surface area contributed by atoms with Gasteiger partial charge in [0.25, 0.3) is 0 Å². The number of H-pyrrole nitrogens is 1. The van der Waals surface area contributed by atoms with Crippen LogP contribution < -0.4 is 4.72 Å². The number of benzene rings is 2. The molecule has 0 saturated carbocycles. The number of aromatic nitrogens is 4. The Morgan fingerprint density at radius 2 is 1.97 bits per heavy atom. The average molecular weight is 503 g/mol. The molecule has 2 aromatic carbocycles. The van der Waals surface area contributed by atoms with E-state index in [4.69, 9.17) is 11.6 Å². The first-order valence-corrected chi connectivity index (χ1v) is 11.2. The summed E-state index contributed by atoms with van der Waals surface area (Å²) < 4.78 is 43.7. The molecule has 3 aromatic rings. The lowest BCUT2D eigenvalue weighted by Crippen LogP contribution is -2.33. The molecule has 0 saturated heterocycles. The van der Waals surface area contributed by atoms with Crippen molar-refractivity contribution in [2.75, 3.05) is 0 Å². The van der Waals surface area contributed by atoms with Crippen molar-refractivity contribution in [3.05, 3.63) is 68.2 Å². The van der Waals surface area contributed by atoms with Crippen molar-refractivity contribution in [2.45, 2.75) is 37.6 Å². The highest BCUT2D eigenvalue weighted by atomic mass is 79.9. The molecule has 1 aromatic heterocycles. The number of rotatable bonds is 6. The molecule has 3 rings (SSSR count). The van der Waals surface area contributed by atoms with E-state index in [0.717, 1.165) is 11.1 Å². The van der Waals surface area contributed by atoms with Crippen molar-refractivity contribution in [2.24, 2.45) is 0 Å². The van der Waals surface area contributed by atoms with Gasteiger partial charge in [-0.25, -0.2) is 12.8 Å². The Bertz CT molecular complexity index is 1140. The monoisotopic (exact) mass is 501 g/mol. The fraction of sp³-hybridized carbons (Fsp3) is 0.278. The highest BCUT2D eigenvalue weighted by Crippen LogP contribution is 2.35. The first-order valence-electron chi connectivity index (χ1n) is 8.58. The van der Waals surface area contributed by atoms with Crippen molar-refractivity contribution in [3.63, 3.8) is 0 Å². The third-order valence-electron chi connectivity index (χ3n) is 4.79. The molecule has 0 unspecified atom stereocenters. The minimum absolute atomic E-state index is 0.0102. The number of aromatic amines is 1. The second-order valence-electron chi connectivity index (χ2n) is 6.64. The first-order chi connectivity index (χ1) is 13.6. The first kappa shape index (κ1) is 21.8. The van der Waals surface area contributed by atoms with Crippen molar-refractivity contribution in [3.8, 4) is 0 Å². The number of hydrogen-bond acceptors (Lipinski definition) is 5. The number of hydrogen-bond donors (Lipinski definition) is 2. The Kier molecular flexibility index (Phi) is 6.37. The van der Waals surface area contributed by atoms with Crippen molar-refractivity contribution >= 4 is 37.6 Å². The maximum absolute atomic E-state index is 14.7. The molecular weight excluding hydrogens is 485 g/mol. The van der Waals surface area contributed by atoms with Gasteiger partial charge in [-0.05, 0) is 70.7 Å². The molecule has 0 spiro atoms. The average Bonchev–Trinajstić information content (AvgIpc) is 3.17. The van der Waals surface area contributed by atoms with E-state index in [2.05, 4.69) is 41.3 Å². The van der Waals surface area contributed by atoms with Crippen LogP contribution in [0, 0.1) is 19.7 Å². The van der Waals surface area contributed by atoms with Crippen molar-refractivity contribution in [1.29, 1.82) is 0 Å². The van der Waals surface area contributed by atoms with Crippen LogP contribution >= 0.6 is 27.5 Å². The maximum atomic E-state index is 14.7. The summed E-state index contributed by atoms with van der Waals surface area (Å²) >= 11 is 9.14. The van der Waals surface area contributed by atoms with E-state index in [1.54, 1.807) is 19.9 Å². The number of sulfonamides is 1. The summed E-state index contributed by atoms with van der Waals surface area (Å²) in [4.78, 5) is -0.0102. The number of aryl methyl sites for hydroxylation is 1. The van der Waals surface area contributed by atoms with Crippen LogP contribution in [0.2, 0.25) is 5.02 Å². The predicted molar refractivity (Wildman–Crippen MR) is 111 cm³/mol. The van der Waals surface area contributed by atoms with Gasteiger partial charge in [-0.15, -0.1) is 10.2 Å². The Hall–Kier alpha value is -1.88. The lowest BCUT2D eigenvalue weighted by Gasteiger charge is -2.25. The third-order valence-corrected chi connectivity index (χ3v) is 7.45. The summed E-state index contributed by atoms with van der Waals surface area (Å²) in [6.45, 7) is 5.37. The van der Waals surface area contributed by atoms with Gasteiger partial charge in [0.2, 0.25) is 10.0 Å². The van der Waals surface area contributed by atoms with Gasteiger partial charge in [0, 0.05) is 15.4 Å². The second-order valence-corrected chi connectivity index (χ2v) is 9.61. The van der Waals surface area contributed by atoms with E-state index in [1.807, 2.05) is 6.92 Å². The molecule has 0 fully saturated rings. The SMILES string of the molecule is Cc1ccc(F)c([C@@H](C)[C@H](NS(=O)(=O)c2ccc(Cl)cc2Br)c2nn[nH]n2)c1C. The maximum Gasteiger partial charge on any atom is 0.242 e. The molecule has 0 aliphatic heterocycles. The van der Waals surface area contributed by atoms with E-state index < -0.39 is 27.8 Å². The van der Waals surface area contributed by atoms with E-state index in [1.165, 1.54) is 24.3 Å². The van der Waals surface area contributed by atoms with E-state index in [-0.39, 0.29) is 10.7 Å². The normalized spacial score (nSPS) is 14.0. The van der Waals surface area contributed by atoms with Crippen LogP contribution in [0.1, 0.15) is 41.4 Å². The van der Waals surface area contributed by atoms with Crippen molar-refractivity contribution in [1.82, 2.24) is 25.3 Å². The molecule has 0 aliphatic rings. The molecule has 29 heavy (non-hydrogen) atoms. The molecule has 0 bridgehead atoms. The summed E-state index contributed by atoms with van der Waals surface area (Å²) in [7, 11) is -4.02. The van der Waals surface area contributed by atoms with Crippen LogP contribution in [0.4, 0.5) is 4.39 Å². The minimum atomic E-state index is -4.02. The van der Waals surface area contributed by atoms with Gasteiger partial charge < -0.3 is 0 Å². The van der Waals surface area contributed by atoms with E-state index >= 15 is 0 Å². The zero-order valence-electron chi connectivity index (χ0n) is 15.7. The van der Waals surface area contributed by atoms with Gasteiger partial charge in [0.15, 0.2) is 5.82 Å². The fourth-order valence-electron chi connectivity index (χ4n) is 3.13. The summed E-state index contributed by atoms with van der Waals surface area (Å²) in [5.41, 5.74) is 2.01. The number of nitrogens with zero attached hydrogens (tertiary/aromatic N) is 3. The Balaban J connectivity index is 2.07. The number of tetrazole rings is 1. The topological polar surface area (TPSA) is 101 Å². The summed E-state index contributed by atoms with van der Waals surface area (Å²) in [5.74, 6) is -0.944. The van der Waals surface area contributed by atoms with E-state index in [9.17, 15) is 12.8 Å². The quantitative estimate of drug-likeness (QED) is 0.526. The van der Waals surface area contributed by atoms with Gasteiger partial charge in [-0.3, -0.25) is 0 Å². The zero-order chi connectivity index (χ0) is 21.3. The fourth-order valence-corrected chi connectivity index (χ4v) is 5.79. The summed E-state index contributed by atoms with van der Waals surface area (Å²) in [6, 6.07) is 6.41. The molecule has 11 heteroatoms. The minimum Gasteiger partial charge on any atom is -0.207 e. The van der Waals surface area contributed by atoms with Crippen LogP contribution in [0.3, 0.4) is 0 Å². The number of halogens is 3. The van der Waals surface area contributed by atoms with Crippen LogP contribution in [-0.4, -0.2) is 29.0 Å². The molecule has 0 aliphatic carbocycles. The smallest absolute Gasteiger partial charge is 0.207 e. The highest BCUT2D eigenvalue weighted by Gasteiger charge is 2.33. The molecule has 154 valence electrons. The molecular formula is C18H18BrClFN5O2S. The van der Waals surface area contributed by atoms with Gasteiger partial charge in [-0.2, -0.15) is 9.94 Å². The molecule has 2 atom stereocenters.